The minimum Gasteiger partial charge on any atom is -0.458 e. The van der Waals surface area contributed by atoms with Gasteiger partial charge in [-0.05, 0) is 41.8 Å². The molecule has 2 aliphatic rings. The summed E-state index contributed by atoms with van der Waals surface area (Å²) in [6.07, 6.45) is 3.61. The number of nitro benzene ring substituents is 1. The van der Waals surface area contributed by atoms with E-state index in [1.54, 1.807) is 20.1 Å². The molecule has 1 N–H and O–H groups in total. The molecule has 29 heavy (non-hydrogen) atoms. The van der Waals surface area contributed by atoms with Gasteiger partial charge in [-0.2, -0.15) is 0 Å². The first-order chi connectivity index (χ1) is 13.6. The number of cyclic esters (lactones) is 1. The number of carbonyl (C=O) groups is 1. The van der Waals surface area contributed by atoms with Crippen molar-refractivity contribution >= 4 is 17.2 Å². The van der Waals surface area contributed by atoms with E-state index in [1.807, 2.05) is 18.2 Å². The Morgan fingerprint density at radius 1 is 1.34 bits per heavy atom. The molecule has 0 bridgehead atoms. The van der Waals surface area contributed by atoms with E-state index in [0.717, 1.165) is 16.7 Å². The summed E-state index contributed by atoms with van der Waals surface area (Å²) in [6, 6.07) is 5.14. The molecule has 1 heterocycles. The predicted octanol–water partition coefficient (Wildman–Crippen LogP) is 3.72. The number of nitro groups is 1. The highest BCUT2D eigenvalue weighted by Crippen LogP contribution is 2.49. The van der Waals surface area contributed by atoms with E-state index in [4.69, 9.17) is 9.47 Å². The van der Waals surface area contributed by atoms with E-state index in [9.17, 15) is 20.0 Å². The molecule has 7 heteroatoms. The van der Waals surface area contributed by atoms with Crippen LogP contribution < -0.4 is 0 Å². The third-order valence-corrected chi connectivity index (χ3v) is 5.91. The van der Waals surface area contributed by atoms with Crippen molar-refractivity contribution in [3.8, 4) is 0 Å². The van der Waals surface area contributed by atoms with Gasteiger partial charge in [-0.25, -0.2) is 0 Å². The van der Waals surface area contributed by atoms with E-state index in [1.165, 1.54) is 6.07 Å². The molecular formula is C22H27NO6. The largest absolute Gasteiger partial charge is 0.458 e. The molecule has 7 nitrogen and oxygen atoms in total. The summed E-state index contributed by atoms with van der Waals surface area (Å²) >= 11 is 0. The van der Waals surface area contributed by atoms with Gasteiger partial charge in [0.1, 0.15) is 6.10 Å². The van der Waals surface area contributed by atoms with Crippen molar-refractivity contribution in [1.29, 1.82) is 0 Å². The van der Waals surface area contributed by atoms with Crippen LogP contribution in [-0.4, -0.2) is 41.4 Å². The number of hydrogen-bond donors (Lipinski definition) is 1. The van der Waals surface area contributed by atoms with Gasteiger partial charge in [-0.15, -0.1) is 0 Å². The molecule has 0 radical (unpaired) electrons. The fourth-order valence-electron chi connectivity index (χ4n) is 4.26. The highest BCUT2D eigenvalue weighted by atomic mass is 16.6. The summed E-state index contributed by atoms with van der Waals surface area (Å²) in [5.74, 6) is -0.404. The molecule has 0 amide bonds. The van der Waals surface area contributed by atoms with Crippen LogP contribution in [0.3, 0.4) is 0 Å². The van der Waals surface area contributed by atoms with E-state index in [2.05, 4.69) is 13.8 Å². The number of nitrogens with zero attached hydrogens (tertiary/aromatic N) is 1. The normalized spacial score (nSPS) is 26.8. The molecule has 1 aliphatic carbocycles. The SMILES string of the molecule is COC1CC(c2ccc([N+](=O)[O-])c(C)c2)=C(C=C[C@@H]2C[C@@H](O)CC(=O)O2)C1(C)C. The third-order valence-electron chi connectivity index (χ3n) is 5.91. The summed E-state index contributed by atoms with van der Waals surface area (Å²) < 4.78 is 11.0. The van der Waals surface area contributed by atoms with E-state index < -0.39 is 18.2 Å². The Hall–Kier alpha value is -2.51. The number of aliphatic hydroxyl groups excluding tert-OH is 1. The number of rotatable bonds is 5. The number of ether oxygens (including phenoxy) is 2. The van der Waals surface area contributed by atoms with Crippen LogP contribution in [0.25, 0.3) is 5.57 Å². The summed E-state index contributed by atoms with van der Waals surface area (Å²) in [4.78, 5) is 22.4. The topological polar surface area (TPSA) is 98.9 Å². The molecule has 3 atom stereocenters. The second kappa shape index (κ2) is 8.08. The quantitative estimate of drug-likeness (QED) is 0.459. The minimum absolute atomic E-state index is 0.0254. The first kappa shape index (κ1) is 21.2. The van der Waals surface area contributed by atoms with Gasteiger partial charge < -0.3 is 14.6 Å². The predicted molar refractivity (Wildman–Crippen MR) is 108 cm³/mol. The number of benzene rings is 1. The Balaban J connectivity index is 2.00. The molecule has 0 saturated carbocycles. The Morgan fingerprint density at radius 2 is 2.07 bits per heavy atom. The number of aryl methyl sites for hydroxylation is 1. The molecule has 156 valence electrons. The van der Waals surface area contributed by atoms with Crippen molar-refractivity contribution in [2.45, 2.75) is 58.3 Å². The highest BCUT2D eigenvalue weighted by molar-refractivity contribution is 5.77. The first-order valence-electron chi connectivity index (χ1n) is 9.71. The second-order valence-corrected chi connectivity index (χ2v) is 8.28. The summed E-state index contributed by atoms with van der Waals surface area (Å²) in [5, 5.41) is 21.0. The Kier molecular flexibility index (Phi) is 5.91. The van der Waals surface area contributed by atoms with Crippen molar-refractivity contribution in [3.63, 3.8) is 0 Å². The number of esters is 1. The zero-order chi connectivity index (χ0) is 21.3. The Labute approximate surface area is 170 Å². The maximum Gasteiger partial charge on any atom is 0.309 e. The Bertz CT molecular complexity index is 885. The lowest BCUT2D eigenvalue weighted by Gasteiger charge is -2.29. The lowest BCUT2D eigenvalue weighted by Crippen LogP contribution is -2.31. The van der Waals surface area contributed by atoms with Crippen LogP contribution in [0.1, 0.15) is 44.2 Å². The summed E-state index contributed by atoms with van der Waals surface area (Å²) in [5.41, 5.74) is 3.41. The van der Waals surface area contributed by atoms with Gasteiger partial charge in [-0.3, -0.25) is 14.9 Å². The van der Waals surface area contributed by atoms with Gasteiger partial charge in [0.2, 0.25) is 0 Å². The fourth-order valence-corrected chi connectivity index (χ4v) is 4.26. The standard InChI is InChI=1S/C22H27NO6/c1-13-9-14(5-8-19(13)23(26)27)17-12-20(28-4)22(2,3)18(17)7-6-16-10-15(24)11-21(25)29-16/h5-9,15-16,20,24H,10-12H2,1-4H3/t15-,16-,20?/m1/s1. The van der Waals surface area contributed by atoms with Crippen molar-refractivity contribution < 1.29 is 24.3 Å². The van der Waals surface area contributed by atoms with Crippen LogP contribution in [0.4, 0.5) is 5.69 Å². The summed E-state index contributed by atoms with van der Waals surface area (Å²) in [7, 11) is 1.68. The van der Waals surface area contributed by atoms with Gasteiger partial charge >= 0.3 is 5.97 Å². The molecule has 1 fully saturated rings. The van der Waals surface area contributed by atoms with Crippen molar-refractivity contribution in [3.05, 3.63) is 57.2 Å². The molecule has 1 aromatic carbocycles. The van der Waals surface area contributed by atoms with E-state index >= 15 is 0 Å². The zero-order valence-corrected chi connectivity index (χ0v) is 17.2. The van der Waals surface area contributed by atoms with Crippen LogP contribution in [0, 0.1) is 22.5 Å². The van der Waals surface area contributed by atoms with Crippen molar-refractivity contribution in [2.75, 3.05) is 7.11 Å². The van der Waals surface area contributed by atoms with Gasteiger partial charge in [0, 0.05) is 37.0 Å². The molecule has 0 spiro atoms. The van der Waals surface area contributed by atoms with Crippen molar-refractivity contribution in [1.82, 2.24) is 0 Å². The Morgan fingerprint density at radius 3 is 2.66 bits per heavy atom. The maximum atomic E-state index is 11.6. The molecular weight excluding hydrogens is 374 g/mol. The highest BCUT2D eigenvalue weighted by Gasteiger charge is 2.41. The average Bonchev–Trinajstić information content (AvgIpc) is 2.88. The number of aliphatic hydroxyl groups is 1. The van der Waals surface area contributed by atoms with Crippen LogP contribution in [0.2, 0.25) is 0 Å². The van der Waals surface area contributed by atoms with Crippen molar-refractivity contribution in [2.24, 2.45) is 5.41 Å². The smallest absolute Gasteiger partial charge is 0.309 e. The lowest BCUT2D eigenvalue weighted by atomic mass is 9.82. The van der Waals surface area contributed by atoms with Crippen LogP contribution in [-0.2, 0) is 14.3 Å². The molecule has 1 saturated heterocycles. The van der Waals surface area contributed by atoms with Crippen LogP contribution in [0.15, 0.2) is 35.9 Å². The molecule has 3 rings (SSSR count). The maximum absolute atomic E-state index is 11.6. The number of methoxy groups -OCH3 is 1. The van der Waals surface area contributed by atoms with Gasteiger partial charge in [0.15, 0.2) is 0 Å². The fraction of sp³-hybridized carbons (Fsp3) is 0.500. The number of carbonyl (C=O) groups excluding carboxylic acids is 1. The molecule has 1 aliphatic heterocycles. The van der Waals surface area contributed by atoms with Gasteiger partial charge in [-0.1, -0.05) is 19.9 Å². The third kappa shape index (κ3) is 4.26. The molecule has 1 aromatic rings. The van der Waals surface area contributed by atoms with Crippen LogP contribution >= 0.6 is 0 Å². The van der Waals surface area contributed by atoms with Gasteiger partial charge in [0.05, 0.1) is 23.6 Å². The average molecular weight is 401 g/mol. The number of hydrogen-bond acceptors (Lipinski definition) is 6. The van der Waals surface area contributed by atoms with E-state index in [0.29, 0.717) is 18.4 Å². The first-order valence-corrected chi connectivity index (χ1v) is 9.71. The molecule has 0 aromatic heterocycles. The molecule has 1 unspecified atom stereocenters. The minimum atomic E-state index is -0.694. The van der Waals surface area contributed by atoms with E-state index in [-0.39, 0.29) is 28.6 Å². The lowest BCUT2D eigenvalue weighted by molar-refractivity contribution is -0.385. The van der Waals surface area contributed by atoms with Crippen LogP contribution in [0.5, 0.6) is 0 Å². The van der Waals surface area contributed by atoms with Gasteiger partial charge in [0.25, 0.3) is 5.69 Å². The second-order valence-electron chi connectivity index (χ2n) is 8.28. The number of allylic oxidation sites excluding steroid dienone is 1. The summed E-state index contributed by atoms with van der Waals surface area (Å²) in [6.45, 7) is 5.91. The monoisotopic (exact) mass is 401 g/mol. The zero-order valence-electron chi connectivity index (χ0n) is 17.2.